The van der Waals surface area contributed by atoms with Crippen molar-refractivity contribution in [3.8, 4) is 0 Å². The van der Waals surface area contributed by atoms with Crippen LogP contribution in [0.3, 0.4) is 0 Å². The Hall–Kier alpha value is -1.24. The lowest BCUT2D eigenvalue weighted by Gasteiger charge is -2.14. The van der Waals surface area contributed by atoms with E-state index in [1.807, 2.05) is 12.3 Å². The maximum atomic E-state index is 12.1. The lowest BCUT2D eigenvalue weighted by molar-refractivity contribution is 0.315. The summed E-state index contributed by atoms with van der Waals surface area (Å²) in [4.78, 5) is 19.7. The molecule has 1 fully saturated rings. The van der Waals surface area contributed by atoms with Crippen LogP contribution in [0.1, 0.15) is 18.3 Å². The van der Waals surface area contributed by atoms with Gasteiger partial charge in [-0.1, -0.05) is 6.92 Å². The minimum absolute atomic E-state index is 0.00953. The summed E-state index contributed by atoms with van der Waals surface area (Å²) in [5, 5.41) is 1.96. The highest BCUT2D eigenvalue weighted by Crippen LogP contribution is 2.17. The number of hydrogen-bond acceptors (Lipinski definition) is 5. The van der Waals surface area contributed by atoms with E-state index in [1.165, 1.54) is 11.3 Å². The van der Waals surface area contributed by atoms with Gasteiger partial charge in [-0.25, -0.2) is 4.98 Å². The molecule has 0 amide bonds. The fraction of sp³-hybridized carbons (Fsp3) is 0.538. The Morgan fingerprint density at radius 3 is 3.00 bits per heavy atom. The molecule has 0 bridgehead atoms. The van der Waals surface area contributed by atoms with Crippen LogP contribution in [0.4, 0.5) is 0 Å². The molecule has 3 heterocycles. The molecule has 2 unspecified atom stereocenters. The number of nitrogens with zero attached hydrogens (tertiary/aromatic N) is 3. The normalized spacial score (nSPS) is 24.4. The van der Waals surface area contributed by atoms with Gasteiger partial charge in [0.1, 0.15) is 0 Å². The molecule has 1 saturated heterocycles. The van der Waals surface area contributed by atoms with Crippen LogP contribution in [0.25, 0.3) is 4.96 Å². The van der Waals surface area contributed by atoms with Crippen LogP contribution in [-0.4, -0.2) is 33.4 Å². The van der Waals surface area contributed by atoms with E-state index < -0.39 is 0 Å². The monoisotopic (exact) mass is 278 g/mol. The van der Waals surface area contributed by atoms with Crippen molar-refractivity contribution < 1.29 is 0 Å². The summed E-state index contributed by atoms with van der Waals surface area (Å²) in [6.07, 6.45) is 0. The van der Waals surface area contributed by atoms with Crippen LogP contribution in [0.15, 0.2) is 16.2 Å². The molecule has 102 valence electrons. The van der Waals surface area contributed by atoms with Crippen LogP contribution >= 0.6 is 11.3 Å². The zero-order valence-corrected chi connectivity index (χ0v) is 12.0. The predicted molar refractivity (Wildman–Crippen MR) is 76.5 cm³/mol. The Labute approximate surface area is 115 Å². The Morgan fingerprint density at radius 2 is 2.32 bits per heavy atom. The Bertz CT molecular complexity index is 652. The molecule has 0 aromatic carbocycles. The Morgan fingerprint density at radius 1 is 1.53 bits per heavy atom. The Balaban J connectivity index is 1.88. The maximum absolute atomic E-state index is 12.1. The van der Waals surface area contributed by atoms with E-state index in [0.29, 0.717) is 12.5 Å². The third-order valence-corrected chi connectivity index (χ3v) is 4.70. The summed E-state index contributed by atoms with van der Waals surface area (Å²) in [7, 11) is 0. The summed E-state index contributed by atoms with van der Waals surface area (Å²) < 4.78 is 1.66. The van der Waals surface area contributed by atoms with Crippen molar-refractivity contribution >= 4 is 16.3 Å². The SMILES string of the molecule is Cc1csc2nc(CN3CC(C)C(N)C3)cc(=O)n12. The van der Waals surface area contributed by atoms with Gasteiger partial charge in [-0.15, -0.1) is 11.3 Å². The number of aromatic nitrogens is 2. The third-order valence-electron chi connectivity index (χ3n) is 3.76. The molecule has 6 heteroatoms. The highest BCUT2D eigenvalue weighted by molar-refractivity contribution is 7.15. The third kappa shape index (κ3) is 2.31. The van der Waals surface area contributed by atoms with E-state index in [-0.39, 0.29) is 11.6 Å². The van der Waals surface area contributed by atoms with Gasteiger partial charge in [0.05, 0.1) is 5.69 Å². The quantitative estimate of drug-likeness (QED) is 0.884. The van der Waals surface area contributed by atoms with Crippen LogP contribution in [0.5, 0.6) is 0 Å². The molecular weight excluding hydrogens is 260 g/mol. The van der Waals surface area contributed by atoms with Crippen molar-refractivity contribution in [3.05, 3.63) is 33.2 Å². The molecule has 0 saturated carbocycles. The van der Waals surface area contributed by atoms with E-state index in [9.17, 15) is 4.79 Å². The summed E-state index contributed by atoms with van der Waals surface area (Å²) in [5.74, 6) is 0.508. The molecule has 0 aliphatic carbocycles. The molecule has 2 N–H and O–H groups in total. The zero-order valence-electron chi connectivity index (χ0n) is 11.2. The number of likely N-dealkylation sites (tertiary alicyclic amines) is 1. The van der Waals surface area contributed by atoms with Crippen molar-refractivity contribution in [2.45, 2.75) is 26.4 Å². The van der Waals surface area contributed by atoms with Crippen LogP contribution in [-0.2, 0) is 6.54 Å². The van der Waals surface area contributed by atoms with Gasteiger partial charge in [0.25, 0.3) is 5.56 Å². The number of thiazole rings is 1. The maximum Gasteiger partial charge on any atom is 0.259 e. The van der Waals surface area contributed by atoms with Crippen molar-refractivity contribution in [1.29, 1.82) is 0 Å². The summed E-state index contributed by atoms with van der Waals surface area (Å²) in [6.45, 7) is 6.66. The van der Waals surface area contributed by atoms with Gasteiger partial charge in [0, 0.05) is 42.8 Å². The summed E-state index contributed by atoms with van der Waals surface area (Å²) >= 11 is 1.51. The van der Waals surface area contributed by atoms with Crippen molar-refractivity contribution in [2.75, 3.05) is 13.1 Å². The topological polar surface area (TPSA) is 63.6 Å². The fourth-order valence-electron chi connectivity index (χ4n) is 2.64. The van der Waals surface area contributed by atoms with Crippen molar-refractivity contribution in [2.24, 2.45) is 11.7 Å². The molecule has 0 radical (unpaired) electrons. The molecule has 19 heavy (non-hydrogen) atoms. The van der Waals surface area contributed by atoms with Gasteiger partial charge in [-0.3, -0.25) is 14.1 Å². The first-order valence-corrected chi connectivity index (χ1v) is 7.37. The molecule has 0 spiro atoms. The average Bonchev–Trinajstić information content (AvgIpc) is 2.84. The van der Waals surface area contributed by atoms with Gasteiger partial charge in [-0.05, 0) is 12.8 Å². The smallest absolute Gasteiger partial charge is 0.259 e. The second-order valence-electron chi connectivity index (χ2n) is 5.42. The molecule has 2 aromatic rings. The zero-order chi connectivity index (χ0) is 13.6. The predicted octanol–water partition coefficient (Wildman–Crippen LogP) is 0.843. The molecule has 2 atom stereocenters. The standard InChI is InChI=1S/C13H18N4OS/c1-8-4-16(6-11(8)14)5-10-3-12(18)17-9(2)7-19-13(17)15-10/h3,7-8,11H,4-6,14H2,1-2H3. The first-order valence-electron chi connectivity index (χ1n) is 6.49. The molecule has 2 aromatic heterocycles. The second-order valence-corrected chi connectivity index (χ2v) is 6.25. The number of hydrogen-bond donors (Lipinski definition) is 1. The van der Waals surface area contributed by atoms with Crippen LogP contribution in [0.2, 0.25) is 0 Å². The first-order chi connectivity index (χ1) is 9.04. The van der Waals surface area contributed by atoms with E-state index >= 15 is 0 Å². The highest BCUT2D eigenvalue weighted by Gasteiger charge is 2.26. The molecular formula is C13H18N4OS. The molecule has 3 rings (SSSR count). The minimum atomic E-state index is 0.00953. The lowest BCUT2D eigenvalue weighted by Crippen LogP contribution is -2.28. The lowest BCUT2D eigenvalue weighted by atomic mass is 10.1. The number of rotatable bonds is 2. The van der Waals surface area contributed by atoms with E-state index in [0.717, 1.165) is 29.4 Å². The van der Waals surface area contributed by atoms with Gasteiger partial charge < -0.3 is 5.73 Å². The second kappa shape index (κ2) is 4.70. The van der Waals surface area contributed by atoms with E-state index in [2.05, 4.69) is 16.8 Å². The van der Waals surface area contributed by atoms with Crippen molar-refractivity contribution in [1.82, 2.24) is 14.3 Å². The largest absolute Gasteiger partial charge is 0.326 e. The van der Waals surface area contributed by atoms with Gasteiger partial charge in [0.2, 0.25) is 0 Å². The average molecular weight is 278 g/mol. The Kier molecular flexibility index (Phi) is 3.16. The molecule has 5 nitrogen and oxygen atoms in total. The summed E-state index contributed by atoms with van der Waals surface area (Å²) in [6, 6.07) is 1.87. The number of fused-ring (bicyclic) bond motifs is 1. The van der Waals surface area contributed by atoms with E-state index in [4.69, 9.17) is 5.73 Å². The number of aryl methyl sites for hydroxylation is 1. The van der Waals surface area contributed by atoms with Crippen LogP contribution in [0, 0.1) is 12.8 Å². The minimum Gasteiger partial charge on any atom is -0.326 e. The van der Waals surface area contributed by atoms with Gasteiger partial charge in [-0.2, -0.15) is 0 Å². The molecule has 1 aliphatic heterocycles. The van der Waals surface area contributed by atoms with Crippen LogP contribution < -0.4 is 11.3 Å². The van der Waals surface area contributed by atoms with Gasteiger partial charge >= 0.3 is 0 Å². The van der Waals surface area contributed by atoms with Crippen molar-refractivity contribution in [3.63, 3.8) is 0 Å². The molecule has 1 aliphatic rings. The first kappa shape index (κ1) is 12.8. The highest BCUT2D eigenvalue weighted by atomic mass is 32.1. The fourth-order valence-corrected chi connectivity index (χ4v) is 3.53. The van der Waals surface area contributed by atoms with Gasteiger partial charge in [0.15, 0.2) is 4.96 Å². The van der Waals surface area contributed by atoms with E-state index in [1.54, 1.807) is 10.5 Å². The summed E-state index contributed by atoms with van der Waals surface area (Å²) in [5.41, 5.74) is 7.82. The number of nitrogens with two attached hydrogens (primary N) is 1.